The summed E-state index contributed by atoms with van der Waals surface area (Å²) in [6, 6.07) is 7.57. The summed E-state index contributed by atoms with van der Waals surface area (Å²) in [5.41, 5.74) is 0.0867. The number of rotatable bonds is 4. The number of halogens is 1. The summed E-state index contributed by atoms with van der Waals surface area (Å²) in [4.78, 5) is 16.7. The van der Waals surface area contributed by atoms with Crippen molar-refractivity contribution in [2.45, 2.75) is 0 Å². The molecule has 0 N–H and O–H groups in total. The van der Waals surface area contributed by atoms with Gasteiger partial charge in [-0.25, -0.2) is 0 Å². The van der Waals surface area contributed by atoms with Crippen LogP contribution in [0.5, 0.6) is 5.06 Å². The van der Waals surface area contributed by atoms with Crippen molar-refractivity contribution in [3.05, 3.63) is 29.1 Å². The highest BCUT2D eigenvalue weighted by molar-refractivity contribution is 7.19. The number of oxime groups is 1. The van der Waals surface area contributed by atoms with Gasteiger partial charge in [0.15, 0.2) is 10.8 Å². The van der Waals surface area contributed by atoms with Gasteiger partial charge in [-0.2, -0.15) is 0 Å². The predicted molar refractivity (Wildman–Crippen MR) is 72.8 cm³/mol. The first-order valence-corrected chi connectivity index (χ1v) is 6.25. The standard InChI is InChI=1S/C12H10ClNO3S/c1-16-12-8-6-4-3-5-7(8)10(18-12)9(11(13)15)14-17-2/h3-6H,1-2H3/b14-9+. The molecule has 0 aliphatic heterocycles. The average Bonchev–Trinajstić information content (AvgIpc) is 2.74. The summed E-state index contributed by atoms with van der Waals surface area (Å²) >= 11 is 6.84. The third-order valence-electron chi connectivity index (χ3n) is 2.36. The largest absolute Gasteiger partial charge is 0.487 e. The van der Waals surface area contributed by atoms with E-state index in [0.717, 1.165) is 10.8 Å². The molecule has 0 aliphatic rings. The van der Waals surface area contributed by atoms with Crippen LogP contribution in [0.3, 0.4) is 0 Å². The van der Waals surface area contributed by atoms with Crippen LogP contribution in [0.4, 0.5) is 0 Å². The normalized spacial score (nSPS) is 11.6. The molecule has 4 nitrogen and oxygen atoms in total. The van der Waals surface area contributed by atoms with Crippen LogP contribution < -0.4 is 4.74 Å². The van der Waals surface area contributed by atoms with Gasteiger partial charge in [-0.15, -0.1) is 0 Å². The van der Waals surface area contributed by atoms with Crippen molar-refractivity contribution >= 4 is 44.7 Å². The Hall–Kier alpha value is -1.59. The molecule has 1 aromatic carbocycles. The van der Waals surface area contributed by atoms with Crippen molar-refractivity contribution in [2.24, 2.45) is 5.16 Å². The molecule has 1 aromatic heterocycles. The first kappa shape index (κ1) is 12.9. The van der Waals surface area contributed by atoms with E-state index < -0.39 is 5.24 Å². The van der Waals surface area contributed by atoms with Crippen molar-refractivity contribution in [3.8, 4) is 5.06 Å². The van der Waals surface area contributed by atoms with E-state index >= 15 is 0 Å². The number of hydrogen-bond donors (Lipinski definition) is 0. The molecular weight excluding hydrogens is 274 g/mol. The number of thiophene rings is 1. The molecule has 0 bridgehead atoms. The number of carbonyl (C=O) groups is 1. The number of nitrogens with zero attached hydrogens (tertiary/aromatic N) is 1. The molecule has 18 heavy (non-hydrogen) atoms. The molecule has 0 fully saturated rings. The minimum absolute atomic E-state index is 0.0867. The number of hydrogen-bond acceptors (Lipinski definition) is 5. The predicted octanol–water partition coefficient (Wildman–Crippen LogP) is 3.03. The average molecular weight is 284 g/mol. The van der Waals surface area contributed by atoms with Crippen LogP contribution >= 0.6 is 22.9 Å². The first-order valence-electron chi connectivity index (χ1n) is 5.06. The molecule has 0 radical (unpaired) electrons. The molecule has 94 valence electrons. The van der Waals surface area contributed by atoms with E-state index in [2.05, 4.69) is 9.99 Å². The van der Waals surface area contributed by atoms with Gasteiger partial charge in [-0.1, -0.05) is 34.7 Å². The molecule has 2 rings (SSSR count). The van der Waals surface area contributed by atoms with E-state index in [0.29, 0.717) is 9.94 Å². The molecule has 0 unspecified atom stereocenters. The maximum Gasteiger partial charge on any atom is 0.275 e. The second kappa shape index (κ2) is 5.37. The van der Waals surface area contributed by atoms with Crippen molar-refractivity contribution in [1.82, 2.24) is 0 Å². The van der Waals surface area contributed by atoms with E-state index in [4.69, 9.17) is 16.3 Å². The minimum Gasteiger partial charge on any atom is -0.487 e. The summed E-state index contributed by atoms with van der Waals surface area (Å²) in [5.74, 6) is 0. The Bertz CT molecular complexity index is 621. The quantitative estimate of drug-likeness (QED) is 0.492. The number of benzene rings is 1. The highest BCUT2D eigenvalue weighted by atomic mass is 35.5. The molecule has 2 aromatic rings. The van der Waals surface area contributed by atoms with Crippen LogP contribution in [0.2, 0.25) is 0 Å². The molecule has 0 saturated carbocycles. The third-order valence-corrected chi connectivity index (χ3v) is 3.72. The lowest BCUT2D eigenvalue weighted by molar-refractivity contribution is -0.106. The van der Waals surface area contributed by atoms with Crippen LogP contribution in [-0.2, 0) is 9.63 Å². The molecule has 1 heterocycles. The molecule has 0 atom stereocenters. The minimum atomic E-state index is -0.661. The summed E-state index contributed by atoms with van der Waals surface area (Å²) in [6.07, 6.45) is 0. The Kier molecular flexibility index (Phi) is 3.84. The van der Waals surface area contributed by atoms with Gasteiger partial charge in [0.2, 0.25) is 0 Å². The Balaban J connectivity index is 2.71. The van der Waals surface area contributed by atoms with Crippen LogP contribution in [0.15, 0.2) is 29.4 Å². The maximum atomic E-state index is 11.4. The number of carbonyl (C=O) groups excluding carboxylic acids is 1. The van der Waals surface area contributed by atoms with Crippen molar-refractivity contribution < 1.29 is 14.4 Å². The highest BCUT2D eigenvalue weighted by Gasteiger charge is 2.20. The van der Waals surface area contributed by atoms with Gasteiger partial charge in [-0.05, 0) is 17.7 Å². The Morgan fingerprint density at radius 2 is 1.94 bits per heavy atom. The summed E-state index contributed by atoms with van der Waals surface area (Å²) in [7, 11) is 2.95. The Morgan fingerprint density at radius 1 is 1.28 bits per heavy atom. The zero-order valence-electron chi connectivity index (χ0n) is 9.77. The van der Waals surface area contributed by atoms with Crippen LogP contribution in [0, 0.1) is 0 Å². The fourth-order valence-electron chi connectivity index (χ4n) is 1.65. The van der Waals surface area contributed by atoms with Crippen molar-refractivity contribution in [1.29, 1.82) is 0 Å². The van der Waals surface area contributed by atoms with Gasteiger partial charge in [0.1, 0.15) is 7.11 Å². The zero-order chi connectivity index (χ0) is 13.1. The fourth-order valence-corrected chi connectivity index (χ4v) is 2.90. The van der Waals surface area contributed by atoms with Crippen molar-refractivity contribution in [2.75, 3.05) is 14.2 Å². The topological polar surface area (TPSA) is 47.9 Å². The lowest BCUT2D eigenvalue weighted by Crippen LogP contribution is -2.08. The van der Waals surface area contributed by atoms with Gasteiger partial charge in [0.05, 0.1) is 12.0 Å². The molecule has 0 spiro atoms. The zero-order valence-corrected chi connectivity index (χ0v) is 11.3. The highest BCUT2D eigenvalue weighted by Crippen LogP contribution is 2.38. The number of ether oxygens (including phenoxy) is 1. The number of fused-ring (bicyclic) bond motifs is 1. The maximum absolute atomic E-state index is 11.4. The summed E-state index contributed by atoms with van der Waals surface area (Å²) < 4.78 is 5.28. The lowest BCUT2D eigenvalue weighted by atomic mass is 10.1. The van der Waals surface area contributed by atoms with E-state index in [1.165, 1.54) is 18.4 Å². The Labute approximate surface area is 113 Å². The van der Waals surface area contributed by atoms with E-state index in [1.807, 2.05) is 24.3 Å². The van der Waals surface area contributed by atoms with Gasteiger partial charge >= 0.3 is 0 Å². The monoisotopic (exact) mass is 283 g/mol. The van der Waals surface area contributed by atoms with E-state index in [9.17, 15) is 4.79 Å². The smallest absolute Gasteiger partial charge is 0.275 e. The first-order chi connectivity index (χ1) is 8.69. The second-order valence-corrected chi connectivity index (χ2v) is 4.69. The van der Waals surface area contributed by atoms with Gasteiger partial charge in [-0.3, -0.25) is 4.79 Å². The van der Waals surface area contributed by atoms with E-state index in [-0.39, 0.29) is 5.71 Å². The van der Waals surface area contributed by atoms with E-state index in [1.54, 1.807) is 7.11 Å². The van der Waals surface area contributed by atoms with Gasteiger partial charge in [0, 0.05) is 10.8 Å². The van der Waals surface area contributed by atoms with Crippen LogP contribution in [0.1, 0.15) is 4.88 Å². The van der Waals surface area contributed by atoms with Gasteiger partial charge in [0.25, 0.3) is 5.24 Å². The molecule has 6 heteroatoms. The summed E-state index contributed by atoms with van der Waals surface area (Å²) in [6.45, 7) is 0. The third kappa shape index (κ3) is 2.19. The lowest BCUT2D eigenvalue weighted by Gasteiger charge is -1.97. The molecule has 0 aliphatic carbocycles. The Morgan fingerprint density at radius 3 is 2.50 bits per heavy atom. The number of methoxy groups -OCH3 is 1. The second-order valence-electron chi connectivity index (χ2n) is 3.36. The molecule has 0 amide bonds. The van der Waals surface area contributed by atoms with Crippen LogP contribution in [-0.4, -0.2) is 25.2 Å². The fraction of sp³-hybridized carbons (Fsp3) is 0.167. The summed E-state index contributed by atoms with van der Waals surface area (Å²) in [5, 5.41) is 5.51. The van der Waals surface area contributed by atoms with Crippen LogP contribution in [0.25, 0.3) is 10.8 Å². The molecule has 0 saturated heterocycles. The molecular formula is C12H10ClNO3S. The SMILES string of the molecule is CO/N=C(/C(=O)Cl)c1sc(OC)c2ccccc12. The van der Waals surface area contributed by atoms with Gasteiger partial charge < -0.3 is 9.57 Å². The van der Waals surface area contributed by atoms with Crippen molar-refractivity contribution in [3.63, 3.8) is 0 Å².